The molecule has 3 nitrogen and oxygen atoms in total. The van der Waals surface area contributed by atoms with Crippen molar-refractivity contribution in [2.45, 2.75) is 19.8 Å². The third-order valence-corrected chi connectivity index (χ3v) is 8.80. The van der Waals surface area contributed by atoms with Crippen LogP contribution in [0.25, 0.3) is 11.1 Å². The number of esters is 1. The number of nitrogens with zero attached hydrogens (tertiary/aromatic N) is 1. The number of aliphatic imine (C=N–C) groups is 1. The number of allylic oxidation sites excluding steroid dienone is 3. The highest BCUT2D eigenvalue weighted by Crippen LogP contribution is 2.38. The van der Waals surface area contributed by atoms with E-state index in [1.54, 1.807) is 6.07 Å². The summed E-state index contributed by atoms with van der Waals surface area (Å²) in [6.07, 6.45) is 6.00. The van der Waals surface area contributed by atoms with Crippen molar-refractivity contribution in [1.29, 1.82) is 0 Å². The lowest BCUT2D eigenvalue weighted by molar-refractivity contribution is 0.0527. The first kappa shape index (κ1) is 31.5. The Balaban J connectivity index is 1.32. The van der Waals surface area contributed by atoms with E-state index in [1.165, 1.54) is 22.3 Å². The molecule has 0 aliphatic heterocycles. The monoisotopic (exact) mass is 635 g/mol. The molecule has 0 aromatic heterocycles. The van der Waals surface area contributed by atoms with Crippen LogP contribution in [0, 0.1) is 0 Å². The highest BCUT2D eigenvalue weighted by Gasteiger charge is 2.21. The third-order valence-electron chi connectivity index (χ3n) is 8.80. The van der Waals surface area contributed by atoms with Gasteiger partial charge in [-0.1, -0.05) is 152 Å². The van der Waals surface area contributed by atoms with Gasteiger partial charge in [-0.2, -0.15) is 0 Å². The highest BCUT2D eigenvalue weighted by molar-refractivity contribution is 6.20. The van der Waals surface area contributed by atoms with Gasteiger partial charge in [-0.25, -0.2) is 9.79 Å². The second kappa shape index (κ2) is 14.8. The summed E-state index contributed by atoms with van der Waals surface area (Å²) < 4.78 is 5.32. The zero-order valence-electron chi connectivity index (χ0n) is 27.6. The second-order valence-electron chi connectivity index (χ2n) is 12.1. The quantitative estimate of drug-likeness (QED) is 0.148. The molecule has 0 unspecified atom stereocenters. The van der Waals surface area contributed by atoms with Gasteiger partial charge >= 0.3 is 5.97 Å². The summed E-state index contributed by atoms with van der Waals surface area (Å²) >= 11 is 0. The second-order valence-corrected chi connectivity index (χ2v) is 12.1. The molecule has 0 atom stereocenters. The molecule has 0 N–H and O–H groups in total. The molecule has 0 saturated carbocycles. The van der Waals surface area contributed by atoms with Gasteiger partial charge in [0.2, 0.25) is 0 Å². The van der Waals surface area contributed by atoms with Crippen LogP contribution in [-0.2, 0) is 17.6 Å². The van der Waals surface area contributed by atoms with Crippen molar-refractivity contribution in [3.05, 3.63) is 220 Å². The lowest BCUT2D eigenvalue weighted by Crippen LogP contribution is -2.09. The van der Waals surface area contributed by atoms with E-state index in [-0.39, 0.29) is 5.97 Å². The summed E-state index contributed by atoms with van der Waals surface area (Å²) in [5.74, 6) is -0.371. The van der Waals surface area contributed by atoms with Gasteiger partial charge in [-0.15, -0.1) is 0 Å². The molecule has 0 spiro atoms. The fraction of sp³-hybridized carbons (Fsp3) is 0.0870. The number of fused-ring (bicyclic) bond motifs is 1. The number of para-hydroxylation sites is 1. The van der Waals surface area contributed by atoms with Crippen molar-refractivity contribution in [3.63, 3.8) is 0 Å². The maximum Gasteiger partial charge on any atom is 0.340 e. The predicted molar refractivity (Wildman–Crippen MR) is 201 cm³/mol. The lowest BCUT2D eigenvalue weighted by atomic mass is 9.83. The van der Waals surface area contributed by atoms with Crippen molar-refractivity contribution in [2.24, 2.45) is 4.99 Å². The van der Waals surface area contributed by atoms with Crippen molar-refractivity contribution < 1.29 is 9.53 Å². The van der Waals surface area contributed by atoms with Crippen molar-refractivity contribution in [3.8, 4) is 0 Å². The van der Waals surface area contributed by atoms with Gasteiger partial charge in [0, 0.05) is 5.56 Å². The van der Waals surface area contributed by atoms with E-state index in [2.05, 4.69) is 140 Å². The summed E-state index contributed by atoms with van der Waals surface area (Å²) in [6.45, 7) is 2.12. The average Bonchev–Trinajstić information content (AvgIpc) is 3.15. The zero-order valence-corrected chi connectivity index (χ0v) is 27.6. The summed E-state index contributed by atoms with van der Waals surface area (Å²) in [5.41, 5.74) is 13.7. The van der Waals surface area contributed by atoms with Crippen molar-refractivity contribution in [1.82, 2.24) is 0 Å². The number of rotatable bonds is 9. The first-order valence-electron chi connectivity index (χ1n) is 16.8. The number of hydrogen-bond donors (Lipinski definition) is 0. The highest BCUT2D eigenvalue weighted by atomic mass is 16.5. The van der Waals surface area contributed by atoms with Crippen molar-refractivity contribution in [2.75, 3.05) is 6.61 Å². The van der Waals surface area contributed by atoms with Gasteiger partial charge in [0.1, 0.15) is 0 Å². The molecule has 6 aromatic carbocycles. The Morgan fingerprint density at radius 2 is 1.02 bits per heavy atom. The minimum atomic E-state index is -0.371. The Morgan fingerprint density at radius 1 is 0.531 bits per heavy atom. The van der Waals surface area contributed by atoms with E-state index in [4.69, 9.17) is 9.73 Å². The van der Waals surface area contributed by atoms with E-state index in [0.717, 1.165) is 52.0 Å². The Bertz CT molecular complexity index is 2070. The molecule has 0 fully saturated rings. The van der Waals surface area contributed by atoms with Gasteiger partial charge in [0.25, 0.3) is 0 Å². The number of carbonyl (C=O) groups excluding carboxylic acids is 1. The number of hydrogen-bond acceptors (Lipinski definition) is 3. The van der Waals surface area contributed by atoms with Gasteiger partial charge in [-0.05, 0) is 88.1 Å². The minimum Gasteiger partial charge on any atom is -0.462 e. The molecule has 0 amide bonds. The van der Waals surface area contributed by atoms with E-state index in [0.29, 0.717) is 17.9 Å². The maximum atomic E-state index is 12.7. The Labute approximate surface area is 288 Å². The first-order valence-corrected chi connectivity index (χ1v) is 16.8. The van der Waals surface area contributed by atoms with Crippen LogP contribution in [0.4, 0.5) is 5.69 Å². The molecule has 6 aromatic rings. The molecule has 0 bridgehead atoms. The molecule has 3 heteroatoms. The van der Waals surface area contributed by atoms with E-state index < -0.39 is 0 Å². The Hall–Kier alpha value is -6.06. The van der Waals surface area contributed by atoms with Crippen LogP contribution in [0.3, 0.4) is 0 Å². The van der Waals surface area contributed by atoms with Gasteiger partial charge in [0.05, 0.1) is 23.6 Å². The number of ether oxygens (including phenoxy) is 1. The van der Waals surface area contributed by atoms with Gasteiger partial charge in [0.15, 0.2) is 0 Å². The van der Waals surface area contributed by atoms with E-state index in [1.807, 2.05) is 31.2 Å². The summed E-state index contributed by atoms with van der Waals surface area (Å²) in [6, 6.07) is 54.8. The van der Waals surface area contributed by atoms with E-state index in [9.17, 15) is 4.79 Å². The van der Waals surface area contributed by atoms with Crippen LogP contribution in [0.15, 0.2) is 175 Å². The minimum absolute atomic E-state index is 0.309. The van der Waals surface area contributed by atoms with Gasteiger partial charge < -0.3 is 4.74 Å². The van der Waals surface area contributed by atoms with Gasteiger partial charge in [-0.3, -0.25) is 0 Å². The summed E-state index contributed by atoms with van der Waals surface area (Å²) in [7, 11) is 0. The normalized spacial score (nSPS) is 12.8. The first-order chi connectivity index (χ1) is 24.2. The molecule has 7 rings (SSSR count). The molecular weight excluding hydrogens is 599 g/mol. The molecule has 0 saturated heterocycles. The SMILES string of the molecule is CCOC(=O)c1ccccc1N=C1C=CC(=C(c2ccc(Cc3ccccc3)cc2)c2ccc(Cc3ccccc3)cc2)c2ccccc21. The Kier molecular flexibility index (Phi) is 9.52. The van der Waals surface area contributed by atoms with Crippen LogP contribution in [0.2, 0.25) is 0 Å². The predicted octanol–water partition coefficient (Wildman–Crippen LogP) is 10.7. The maximum absolute atomic E-state index is 12.7. The standard InChI is InChI=1S/C46H37NO2/c1-2-49-46(48)42-19-11-12-20-43(42)47-44-30-29-41(39-17-9-10-18-40(39)44)45(37-25-21-35(22-26-37)31-33-13-5-3-6-14-33)38-27-23-36(24-28-38)32-34-15-7-4-8-16-34/h3-30H,2,31-32H2,1H3. The molecule has 0 radical (unpaired) electrons. The Morgan fingerprint density at radius 3 is 1.59 bits per heavy atom. The fourth-order valence-electron chi connectivity index (χ4n) is 6.40. The molecule has 1 aliphatic carbocycles. The van der Waals surface area contributed by atoms with E-state index >= 15 is 0 Å². The topological polar surface area (TPSA) is 38.7 Å². The van der Waals surface area contributed by atoms with Crippen LogP contribution in [0.5, 0.6) is 0 Å². The average molecular weight is 636 g/mol. The molecule has 49 heavy (non-hydrogen) atoms. The zero-order chi connectivity index (χ0) is 33.4. The fourth-order valence-corrected chi connectivity index (χ4v) is 6.40. The molecular formula is C46H37NO2. The van der Waals surface area contributed by atoms with Crippen LogP contribution in [-0.4, -0.2) is 18.3 Å². The lowest BCUT2D eigenvalue weighted by Gasteiger charge is -2.21. The number of carbonyl (C=O) groups is 1. The summed E-state index contributed by atoms with van der Waals surface area (Å²) in [5, 5.41) is 0. The smallest absolute Gasteiger partial charge is 0.340 e. The molecule has 0 heterocycles. The number of benzene rings is 6. The summed E-state index contributed by atoms with van der Waals surface area (Å²) in [4.78, 5) is 17.8. The van der Waals surface area contributed by atoms with Crippen molar-refractivity contribution >= 4 is 28.5 Å². The molecule has 238 valence electrons. The van der Waals surface area contributed by atoms with Crippen LogP contribution < -0.4 is 0 Å². The molecule has 1 aliphatic rings. The van der Waals surface area contributed by atoms with Crippen LogP contribution >= 0.6 is 0 Å². The third kappa shape index (κ3) is 7.27. The largest absolute Gasteiger partial charge is 0.462 e. The van der Waals surface area contributed by atoms with Crippen LogP contribution in [0.1, 0.15) is 61.8 Å².